The number of nitrogens with two attached hydrogens (primary N) is 1. The van der Waals surface area contributed by atoms with Crippen molar-refractivity contribution >= 4 is 23.3 Å². The second kappa shape index (κ2) is 5.89. The van der Waals surface area contributed by atoms with Crippen LogP contribution in [0.4, 0.5) is 5.69 Å². The largest absolute Gasteiger partial charge is 0.481 e. The van der Waals surface area contributed by atoms with Gasteiger partial charge >= 0.3 is 5.97 Å². The van der Waals surface area contributed by atoms with Gasteiger partial charge in [0, 0.05) is 26.6 Å². The summed E-state index contributed by atoms with van der Waals surface area (Å²) < 4.78 is 0. The summed E-state index contributed by atoms with van der Waals surface area (Å²) in [5.74, 6) is -0.837. The maximum atomic E-state index is 10.5. The van der Waals surface area contributed by atoms with Crippen molar-refractivity contribution in [3.63, 3.8) is 0 Å². The lowest BCUT2D eigenvalue weighted by molar-refractivity contribution is -0.137. The van der Waals surface area contributed by atoms with Crippen LogP contribution in [0.5, 0.6) is 0 Å². The lowest BCUT2D eigenvalue weighted by Gasteiger charge is -2.17. The fraction of sp³-hybridized carbons (Fsp3) is 0.417. The molecule has 0 spiro atoms. The molecule has 0 fully saturated rings. The molecule has 5 heteroatoms. The Morgan fingerprint density at radius 3 is 2.65 bits per heavy atom. The second-order valence-electron chi connectivity index (χ2n) is 4.14. The second-order valence-corrected chi connectivity index (χ2v) is 4.55. The molecule has 0 amide bonds. The first-order valence-corrected chi connectivity index (χ1v) is 5.73. The molecule has 17 heavy (non-hydrogen) atoms. The number of aliphatic carboxylic acids is 1. The van der Waals surface area contributed by atoms with Crippen LogP contribution in [0, 0.1) is 0 Å². The Hall–Kier alpha value is -1.26. The number of nitrogens with zero attached hydrogens (tertiary/aromatic N) is 1. The topological polar surface area (TPSA) is 66.6 Å². The van der Waals surface area contributed by atoms with Gasteiger partial charge in [-0.1, -0.05) is 17.7 Å². The summed E-state index contributed by atoms with van der Waals surface area (Å²) in [4.78, 5) is 12.4. The highest BCUT2D eigenvalue weighted by atomic mass is 35.5. The number of halogens is 1. The van der Waals surface area contributed by atoms with E-state index in [1.165, 1.54) is 0 Å². The first-order chi connectivity index (χ1) is 7.91. The van der Waals surface area contributed by atoms with Gasteiger partial charge in [0.15, 0.2) is 0 Å². The van der Waals surface area contributed by atoms with E-state index in [0.29, 0.717) is 11.4 Å². The number of benzene rings is 1. The lowest BCUT2D eigenvalue weighted by Crippen LogP contribution is -2.13. The number of carbonyl (C=O) groups is 1. The Morgan fingerprint density at radius 1 is 1.53 bits per heavy atom. The fourth-order valence-electron chi connectivity index (χ4n) is 1.56. The highest BCUT2D eigenvalue weighted by Crippen LogP contribution is 2.28. The number of carboxylic acids is 1. The minimum Gasteiger partial charge on any atom is -0.481 e. The van der Waals surface area contributed by atoms with Crippen molar-refractivity contribution in [1.82, 2.24) is 0 Å². The molecule has 1 aromatic carbocycles. The fourth-order valence-corrected chi connectivity index (χ4v) is 1.92. The molecular weight excluding hydrogens is 240 g/mol. The van der Waals surface area contributed by atoms with Gasteiger partial charge in [0.1, 0.15) is 0 Å². The van der Waals surface area contributed by atoms with Gasteiger partial charge in [0.05, 0.1) is 10.7 Å². The van der Waals surface area contributed by atoms with Crippen LogP contribution in [-0.4, -0.2) is 25.2 Å². The molecule has 1 atom stereocenters. The average molecular weight is 257 g/mol. The first-order valence-electron chi connectivity index (χ1n) is 5.36. The zero-order valence-electron chi connectivity index (χ0n) is 9.98. The molecule has 4 nitrogen and oxygen atoms in total. The van der Waals surface area contributed by atoms with E-state index in [2.05, 4.69) is 0 Å². The van der Waals surface area contributed by atoms with E-state index in [4.69, 9.17) is 22.4 Å². The van der Waals surface area contributed by atoms with Crippen LogP contribution in [0.25, 0.3) is 0 Å². The molecule has 1 rings (SSSR count). The van der Waals surface area contributed by atoms with Crippen LogP contribution in [0.2, 0.25) is 5.02 Å². The standard InChI is InChI=1S/C12H17ClN2O2/c1-15(2)11-5-3-8(7-9(11)13)10(14)4-6-12(16)17/h3,5,7,10H,4,6,14H2,1-2H3,(H,16,17). The Bertz CT molecular complexity index is 407. The molecule has 0 radical (unpaired) electrons. The van der Waals surface area contributed by atoms with Gasteiger partial charge in [0.25, 0.3) is 0 Å². The summed E-state index contributed by atoms with van der Waals surface area (Å²) in [5, 5.41) is 9.22. The van der Waals surface area contributed by atoms with Crippen LogP contribution >= 0.6 is 11.6 Å². The Labute approximate surface area is 106 Å². The third-order valence-electron chi connectivity index (χ3n) is 2.55. The molecule has 0 saturated carbocycles. The molecule has 1 aromatic rings. The van der Waals surface area contributed by atoms with Crippen molar-refractivity contribution < 1.29 is 9.90 Å². The molecule has 94 valence electrons. The van der Waals surface area contributed by atoms with Crippen LogP contribution < -0.4 is 10.6 Å². The highest BCUT2D eigenvalue weighted by molar-refractivity contribution is 6.33. The molecule has 3 N–H and O–H groups in total. The summed E-state index contributed by atoms with van der Waals surface area (Å²) in [7, 11) is 3.82. The molecule has 0 saturated heterocycles. The van der Waals surface area contributed by atoms with Crippen molar-refractivity contribution in [1.29, 1.82) is 0 Å². The van der Waals surface area contributed by atoms with E-state index in [-0.39, 0.29) is 12.5 Å². The van der Waals surface area contributed by atoms with Gasteiger partial charge < -0.3 is 15.7 Å². The van der Waals surface area contributed by atoms with Gasteiger partial charge in [-0.2, -0.15) is 0 Å². The predicted octanol–water partition coefficient (Wildman–Crippen LogP) is 2.27. The molecule has 0 aromatic heterocycles. The zero-order chi connectivity index (χ0) is 13.0. The van der Waals surface area contributed by atoms with Gasteiger partial charge in [-0.15, -0.1) is 0 Å². The number of hydrogen-bond donors (Lipinski definition) is 2. The Kier molecular flexibility index (Phi) is 4.78. The van der Waals surface area contributed by atoms with Crippen molar-refractivity contribution in [3.8, 4) is 0 Å². The number of rotatable bonds is 5. The van der Waals surface area contributed by atoms with E-state index in [1.54, 1.807) is 6.07 Å². The van der Waals surface area contributed by atoms with E-state index in [1.807, 2.05) is 31.1 Å². The molecule has 0 aliphatic carbocycles. The van der Waals surface area contributed by atoms with E-state index in [9.17, 15) is 4.79 Å². The smallest absolute Gasteiger partial charge is 0.303 e. The highest BCUT2D eigenvalue weighted by Gasteiger charge is 2.11. The summed E-state index contributed by atoms with van der Waals surface area (Å²) in [6, 6.07) is 5.27. The van der Waals surface area contributed by atoms with Crippen molar-refractivity contribution in [2.24, 2.45) is 5.73 Å². The van der Waals surface area contributed by atoms with E-state index >= 15 is 0 Å². The van der Waals surface area contributed by atoms with Crippen LogP contribution in [-0.2, 0) is 4.79 Å². The summed E-state index contributed by atoms with van der Waals surface area (Å²) in [6.45, 7) is 0. The van der Waals surface area contributed by atoms with Crippen LogP contribution in [0.1, 0.15) is 24.4 Å². The van der Waals surface area contributed by atoms with Crippen molar-refractivity contribution in [2.75, 3.05) is 19.0 Å². The first kappa shape index (κ1) is 13.8. The number of anilines is 1. The minimum absolute atomic E-state index is 0.0637. The summed E-state index contributed by atoms with van der Waals surface area (Å²) in [5.41, 5.74) is 7.68. The Morgan fingerprint density at radius 2 is 2.18 bits per heavy atom. The zero-order valence-corrected chi connectivity index (χ0v) is 10.7. The quantitative estimate of drug-likeness (QED) is 0.848. The lowest BCUT2D eigenvalue weighted by atomic mass is 10.0. The normalized spacial score (nSPS) is 12.2. The summed E-state index contributed by atoms with van der Waals surface area (Å²) in [6.07, 6.45) is 0.473. The molecular formula is C12H17ClN2O2. The van der Waals surface area contributed by atoms with Crippen LogP contribution in [0.15, 0.2) is 18.2 Å². The van der Waals surface area contributed by atoms with Crippen molar-refractivity contribution in [2.45, 2.75) is 18.9 Å². The molecule has 0 bridgehead atoms. The predicted molar refractivity (Wildman–Crippen MR) is 69.6 cm³/mol. The third-order valence-corrected chi connectivity index (χ3v) is 2.85. The molecule has 0 heterocycles. The SMILES string of the molecule is CN(C)c1ccc(C(N)CCC(=O)O)cc1Cl. The minimum atomic E-state index is -0.837. The van der Waals surface area contributed by atoms with Crippen molar-refractivity contribution in [3.05, 3.63) is 28.8 Å². The molecule has 1 unspecified atom stereocenters. The molecule has 0 aliphatic rings. The van der Waals surface area contributed by atoms with Gasteiger partial charge in [-0.25, -0.2) is 0 Å². The maximum Gasteiger partial charge on any atom is 0.303 e. The Balaban J connectivity index is 2.78. The van der Waals surface area contributed by atoms with Gasteiger partial charge in [-0.3, -0.25) is 4.79 Å². The van der Waals surface area contributed by atoms with E-state index in [0.717, 1.165) is 11.3 Å². The molecule has 0 aliphatic heterocycles. The third kappa shape index (κ3) is 3.91. The number of carboxylic acid groups (broad SMARTS) is 1. The van der Waals surface area contributed by atoms with Gasteiger partial charge in [0.2, 0.25) is 0 Å². The van der Waals surface area contributed by atoms with Gasteiger partial charge in [-0.05, 0) is 24.1 Å². The summed E-state index contributed by atoms with van der Waals surface area (Å²) >= 11 is 6.12. The average Bonchev–Trinajstić information content (AvgIpc) is 2.25. The van der Waals surface area contributed by atoms with E-state index < -0.39 is 5.97 Å². The van der Waals surface area contributed by atoms with Crippen LogP contribution in [0.3, 0.4) is 0 Å². The monoisotopic (exact) mass is 256 g/mol. The number of hydrogen-bond acceptors (Lipinski definition) is 3. The maximum absolute atomic E-state index is 10.5.